The molecule has 348 valence electrons. The molecule has 61 heavy (non-hydrogen) atoms. The van der Waals surface area contributed by atoms with Crippen LogP contribution in [0.1, 0.15) is 155 Å². The summed E-state index contributed by atoms with van der Waals surface area (Å²) in [6.45, 7) is 5.11. The number of nitrogens with zero attached hydrogens (tertiary/aromatic N) is 1. The number of allylic oxidation sites excluding steroid dienone is 18. The fraction of sp³-hybridized carbons (Fsp3) is 0.635. The fourth-order valence-corrected chi connectivity index (χ4v) is 6.41. The molecule has 0 amide bonds. The van der Waals surface area contributed by atoms with E-state index in [1.165, 1.54) is 6.42 Å². The molecule has 2 atom stereocenters. The summed E-state index contributed by atoms with van der Waals surface area (Å²) in [6.07, 6.45) is 61.1. The average Bonchev–Trinajstić information content (AvgIpc) is 3.22. The van der Waals surface area contributed by atoms with E-state index in [4.69, 9.17) is 18.5 Å². The third-order valence-corrected chi connectivity index (χ3v) is 10.3. The molecule has 8 nitrogen and oxygen atoms in total. The third kappa shape index (κ3) is 48.1. The molecule has 0 heterocycles. The number of carbonyl (C=O) groups excluding carboxylic acids is 1. The maximum absolute atomic E-state index is 12.7. The summed E-state index contributed by atoms with van der Waals surface area (Å²) in [5.41, 5.74) is 0. The molecular weight excluding hydrogens is 782 g/mol. The van der Waals surface area contributed by atoms with Crippen LogP contribution in [-0.4, -0.2) is 70.7 Å². The highest BCUT2D eigenvalue weighted by Gasteiger charge is 2.20. The summed E-state index contributed by atoms with van der Waals surface area (Å²) in [5.74, 6) is -0.364. The number of phosphoric acid groups is 1. The van der Waals surface area contributed by atoms with Gasteiger partial charge in [-0.05, 0) is 96.3 Å². The Morgan fingerprint density at radius 3 is 1.43 bits per heavy atom. The van der Waals surface area contributed by atoms with Crippen molar-refractivity contribution in [3.63, 3.8) is 0 Å². The van der Waals surface area contributed by atoms with Crippen LogP contribution < -0.4 is 4.89 Å². The first kappa shape index (κ1) is 58.2. The summed E-state index contributed by atoms with van der Waals surface area (Å²) < 4.78 is 34.6. The molecule has 0 saturated heterocycles. The zero-order valence-corrected chi connectivity index (χ0v) is 40.2. The minimum atomic E-state index is -4.55. The Bertz CT molecular complexity index is 1340. The Hall–Kier alpha value is -2.84. The number of hydrogen-bond acceptors (Lipinski definition) is 7. The summed E-state index contributed by atoms with van der Waals surface area (Å²) >= 11 is 0. The van der Waals surface area contributed by atoms with Gasteiger partial charge in [0.25, 0.3) is 7.82 Å². The van der Waals surface area contributed by atoms with Gasteiger partial charge in [0.15, 0.2) is 0 Å². The van der Waals surface area contributed by atoms with Crippen LogP contribution in [0.2, 0.25) is 0 Å². The molecule has 0 N–H and O–H groups in total. The average molecular weight is 870 g/mol. The normalized spacial score (nSPS) is 14.7. The highest BCUT2D eigenvalue weighted by molar-refractivity contribution is 7.45. The van der Waals surface area contributed by atoms with Gasteiger partial charge in [-0.25, -0.2) is 0 Å². The van der Waals surface area contributed by atoms with Crippen LogP contribution in [-0.2, 0) is 27.9 Å². The van der Waals surface area contributed by atoms with Gasteiger partial charge in [-0.2, -0.15) is 0 Å². The number of quaternary nitrogens is 1. The molecule has 0 spiro atoms. The van der Waals surface area contributed by atoms with Gasteiger partial charge in [0.1, 0.15) is 19.3 Å². The molecule has 0 radical (unpaired) electrons. The van der Waals surface area contributed by atoms with E-state index in [0.717, 1.165) is 128 Å². The topological polar surface area (TPSA) is 94.1 Å². The van der Waals surface area contributed by atoms with E-state index in [-0.39, 0.29) is 32.2 Å². The number of unbranched alkanes of at least 4 members (excludes halogenated alkanes) is 10. The fourth-order valence-electron chi connectivity index (χ4n) is 5.68. The zero-order valence-electron chi connectivity index (χ0n) is 39.3. The lowest BCUT2D eigenvalue weighted by molar-refractivity contribution is -0.870. The van der Waals surface area contributed by atoms with Crippen LogP contribution in [0.3, 0.4) is 0 Å². The van der Waals surface area contributed by atoms with Crippen molar-refractivity contribution in [3.05, 3.63) is 109 Å². The van der Waals surface area contributed by atoms with E-state index in [9.17, 15) is 14.3 Å². The number of likely N-dealkylation sites (N-methyl/N-ethyl adjacent to an activating group) is 1. The van der Waals surface area contributed by atoms with Gasteiger partial charge in [0.05, 0.1) is 34.4 Å². The Morgan fingerprint density at radius 2 is 0.951 bits per heavy atom. The van der Waals surface area contributed by atoms with Crippen molar-refractivity contribution in [2.24, 2.45) is 0 Å². The van der Waals surface area contributed by atoms with Gasteiger partial charge in [-0.1, -0.05) is 162 Å². The minimum absolute atomic E-state index is 0.0111. The molecule has 0 bridgehead atoms. The maximum atomic E-state index is 12.7. The highest BCUT2D eigenvalue weighted by atomic mass is 31.2. The molecule has 0 aliphatic heterocycles. The first-order chi connectivity index (χ1) is 29.6. The summed E-state index contributed by atoms with van der Waals surface area (Å²) in [5, 5.41) is 0. The molecule has 2 unspecified atom stereocenters. The second-order valence-electron chi connectivity index (χ2n) is 16.4. The molecule has 0 aliphatic carbocycles. The van der Waals surface area contributed by atoms with Gasteiger partial charge in [0.2, 0.25) is 0 Å². The number of carbonyl (C=O) groups is 1. The van der Waals surface area contributed by atoms with Gasteiger partial charge in [0, 0.05) is 13.0 Å². The van der Waals surface area contributed by atoms with E-state index in [0.29, 0.717) is 17.6 Å². The lowest BCUT2D eigenvalue weighted by atomic mass is 10.1. The predicted octanol–water partition coefficient (Wildman–Crippen LogP) is 13.8. The molecule has 0 aromatic rings. The Morgan fingerprint density at radius 1 is 0.525 bits per heavy atom. The van der Waals surface area contributed by atoms with E-state index >= 15 is 0 Å². The molecule has 0 rings (SSSR count). The van der Waals surface area contributed by atoms with Crippen molar-refractivity contribution in [2.45, 2.75) is 161 Å². The Labute approximate surface area is 374 Å². The third-order valence-electron chi connectivity index (χ3n) is 9.29. The van der Waals surface area contributed by atoms with Gasteiger partial charge < -0.3 is 27.9 Å². The van der Waals surface area contributed by atoms with Gasteiger partial charge in [-0.15, -0.1) is 0 Å². The Kier molecular flexibility index (Phi) is 41.8. The largest absolute Gasteiger partial charge is 0.756 e. The first-order valence-corrected chi connectivity index (χ1v) is 25.1. The highest BCUT2D eigenvalue weighted by Crippen LogP contribution is 2.38. The second-order valence-corrected chi connectivity index (χ2v) is 17.8. The lowest BCUT2D eigenvalue weighted by Crippen LogP contribution is -2.37. The van der Waals surface area contributed by atoms with Crippen LogP contribution in [0.15, 0.2) is 109 Å². The van der Waals surface area contributed by atoms with Gasteiger partial charge in [-0.3, -0.25) is 9.36 Å². The molecule has 0 fully saturated rings. The second kappa shape index (κ2) is 43.8. The van der Waals surface area contributed by atoms with Gasteiger partial charge >= 0.3 is 5.97 Å². The lowest BCUT2D eigenvalue weighted by Gasteiger charge is -2.28. The van der Waals surface area contributed by atoms with E-state index in [2.05, 4.69) is 123 Å². The van der Waals surface area contributed by atoms with Crippen LogP contribution in [0.5, 0.6) is 0 Å². The summed E-state index contributed by atoms with van der Waals surface area (Å²) in [4.78, 5) is 25.1. The van der Waals surface area contributed by atoms with Crippen LogP contribution in [0.25, 0.3) is 0 Å². The van der Waals surface area contributed by atoms with Crippen LogP contribution in [0.4, 0.5) is 0 Å². The number of phosphoric ester groups is 1. The summed E-state index contributed by atoms with van der Waals surface area (Å²) in [6, 6.07) is 0. The molecule has 0 aromatic carbocycles. The summed E-state index contributed by atoms with van der Waals surface area (Å²) in [7, 11) is 1.31. The van der Waals surface area contributed by atoms with E-state index < -0.39 is 13.9 Å². The van der Waals surface area contributed by atoms with E-state index in [1.807, 2.05) is 21.1 Å². The quantitative estimate of drug-likeness (QED) is 0.0198. The van der Waals surface area contributed by atoms with Crippen molar-refractivity contribution in [1.29, 1.82) is 0 Å². The number of esters is 1. The number of hydrogen-bond donors (Lipinski definition) is 0. The molecule has 9 heteroatoms. The standard InChI is InChI=1S/C52H88NO7P/c1-6-8-10-12-14-16-18-20-21-22-23-24-25-26-27-28-29-30-31-32-34-36-38-40-42-44-47-57-49-51(50-59-61(55,56)58-48-46-53(3,4)5)60-52(54)45-43-41-39-37-35-33-19-17-15-13-11-9-7-2/h8,10-11,13-14,16-17,19-21,23-24,26-27,29-30,32,34,51H,6-7,9,12,15,18,22,25,28,31,33,35-50H2,1-5H3/b10-8-,13-11-,16-14-,19-17-,21-20-,24-23-,27-26-,30-29-,34-32-. The van der Waals surface area contributed by atoms with Crippen molar-refractivity contribution in [1.82, 2.24) is 0 Å². The predicted molar refractivity (Wildman–Crippen MR) is 258 cm³/mol. The van der Waals surface area contributed by atoms with Crippen molar-refractivity contribution < 1.29 is 37.3 Å². The van der Waals surface area contributed by atoms with Crippen molar-refractivity contribution >= 4 is 13.8 Å². The zero-order chi connectivity index (χ0) is 44.8. The van der Waals surface area contributed by atoms with Crippen LogP contribution in [0, 0.1) is 0 Å². The van der Waals surface area contributed by atoms with E-state index in [1.54, 1.807) is 0 Å². The molecular formula is C52H88NO7P. The maximum Gasteiger partial charge on any atom is 0.306 e. The molecule has 0 aromatic heterocycles. The molecule has 0 aliphatic rings. The first-order valence-electron chi connectivity index (χ1n) is 23.6. The minimum Gasteiger partial charge on any atom is -0.756 e. The number of ether oxygens (including phenoxy) is 2. The molecule has 0 saturated carbocycles. The number of rotatable bonds is 42. The van der Waals surface area contributed by atoms with Crippen LogP contribution >= 0.6 is 7.82 Å². The monoisotopic (exact) mass is 870 g/mol. The van der Waals surface area contributed by atoms with Crippen molar-refractivity contribution in [2.75, 3.05) is 54.1 Å². The van der Waals surface area contributed by atoms with Crippen molar-refractivity contribution in [3.8, 4) is 0 Å². The smallest absolute Gasteiger partial charge is 0.306 e. The SMILES string of the molecule is CC/C=C\C/C=C\C/C=C\C/C=C\C/C=C\C/C=C\C/C=C\CCCCCCOCC(COP(=O)([O-])OCC[N+](C)(C)C)OC(=O)CCCCCCC/C=C\C/C=C\CCC. The Balaban J connectivity index is 4.26.